The Labute approximate surface area is 144 Å². The highest BCUT2D eigenvalue weighted by molar-refractivity contribution is 7.14. The van der Waals surface area contributed by atoms with Crippen molar-refractivity contribution in [2.45, 2.75) is 25.1 Å². The average molecular weight is 348 g/mol. The van der Waals surface area contributed by atoms with Gasteiger partial charge in [-0.05, 0) is 12.1 Å². The lowest BCUT2D eigenvalue weighted by atomic mass is 9.99. The molecular weight excluding hydrogens is 328 g/mol. The molecule has 3 rings (SSSR count). The number of aromatic nitrogens is 2. The van der Waals surface area contributed by atoms with E-state index in [1.165, 1.54) is 7.05 Å². The first kappa shape index (κ1) is 16.8. The quantitative estimate of drug-likeness (QED) is 0.823. The Morgan fingerprint density at radius 3 is 2.75 bits per heavy atom. The van der Waals surface area contributed by atoms with Crippen LogP contribution in [0.2, 0.25) is 0 Å². The van der Waals surface area contributed by atoms with Crippen LogP contribution in [0.3, 0.4) is 0 Å². The lowest BCUT2D eigenvalue weighted by Crippen LogP contribution is -2.55. The summed E-state index contributed by atoms with van der Waals surface area (Å²) < 4.78 is 0. The molecule has 8 heteroatoms. The molecule has 0 aliphatic carbocycles. The minimum atomic E-state index is -1.27. The predicted octanol–water partition coefficient (Wildman–Crippen LogP) is 2.10. The van der Waals surface area contributed by atoms with Crippen LogP contribution in [-0.4, -0.2) is 61.9 Å². The fourth-order valence-corrected chi connectivity index (χ4v) is 3.72. The Bertz CT molecular complexity index is 698. The van der Waals surface area contributed by atoms with Crippen LogP contribution in [0, 0.1) is 0 Å². The van der Waals surface area contributed by atoms with Crippen LogP contribution in [0.1, 0.15) is 17.7 Å². The third-order valence-electron chi connectivity index (χ3n) is 4.39. The Kier molecular flexibility index (Phi) is 4.79. The molecule has 2 N–H and O–H groups in total. The Morgan fingerprint density at radius 1 is 1.38 bits per heavy atom. The number of pyridine rings is 1. The summed E-state index contributed by atoms with van der Waals surface area (Å²) in [5.74, 6) is 0. The van der Waals surface area contributed by atoms with Gasteiger partial charge in [-0.3, -0.25) is 14.8 Å². The van der Waals surface area contributed by atoms with Crippen molar-refractivity contribution in [2.75, 3.05) is 20.1 Å². The number of rotatable bonds is 4. The molecule has 2 aromatic rings. The number of hydrogen-bond donors (Lipinski definition) is 2. The smallest absolute Gasteiger partial charge is 0.409 e. The molecule has 24 heavy (non-hydrogen) atoms. The number of piperidine rings is 1. The van der Waals surface area contributed by atoms with Crippen molar-refractivity contribution in [3.63, 3.8) is 0 Å². The van der Waals surface area contributed by atoms with Gasteiger partial charge >= 0.3 is 6.09 Å². The molecule has 1 fully saturated rings. The predicted molar refractivity (Wildman–Crippen MR) is 90.6 cm³/mol. The molecule has 1 amide bonds. The van der Waals surface area contributed by atoms with E-state index in [1.54, 1.807) is 17.5 Å². The lowest BCUT2D eigenvalue weighted by Gasteiger charge is -2.42. The molecule has 0 unspecified atom stereocenters. The summed E-state index contributed by atoms with van der Waals surface area (Å²) in [6.45, 7) is 2.03. The van der Waals surface area contributed by atoms with Gasteiger partial charge < -0.3 is 10.2 Å². The van der Waals surface area contributed by atoms with Crippen molar-refractivity contribution < 1.29 is 15.0 Å². The van der Waals surface area contributed by atoms with Gasteiger partial charge in [0, 0.05) is 56.8 Å². The molecule has 1 aliphatic heterocycles. The minimum absolute atomic E-state index is 0.404. The van der Waals surface area contributed by atoms with Crippen molar-refractivity contribution in [1.29, 1.82) is 0 Å². The topological polar surface area (TPSA) is 89.8 Å². The van der Waals surface area contributed by atoms with Gasteiger partial charge in [0.15, 0.2) is 0 Å². The van der Waals surface area contributed by atoms with Crippen LogP contribution >= 0.6 is 11.3 Å². The number of hydrogen-bond acceptors (Lipinski definition) is 6. The average Bonchev–Trinajstić information content (AvgIpc) is 3.06. The molecule has 0 radical (unpaired) electrons. The molecule has 7 nitrogen and oxygen atoms in total. The summed E-state index contributed by atoms with van der Waals surface area (Å²) in [4.78, 5) is 24.1. The van der Waals surface area contributed by atoms with Gasteiger partial charge in [0.2, 0.25) is 0 Å². The van der Waals surface area contributed by atoms with Gasteiger partial charge in [-0.25, -0.2) is 9.78 Å². The summed E-state index contributed by atoms with van der Waals surface area (Å²) in [6.07, 6.45) is 3.32. The summed E-state index contributed by atoms with van der Waals surface area (Å²) in [5.41, 5.74) is -0.403. The van der Waals surface area contributed by atoms with E-state index in [1.807, 2.05) is 24.4 Å². The maximum atomic E-state index is 11.1. The van der Waals surface area contributed by atoms with E-state index >= 15 is 0 Å². The molecule has 1 aliphatic rings. The normalized spacial score (nSPS) is 17.6. The zero-order valence-electron chi connectivity index (χ0n) is 13.4. The number of aliphatic hydroxyl groups is 1. The van der Waals surface area contributed by atoms with E-state index in [2.05, 4.69) is 14.9 Å². The molecule has 128 valence electrons. The largest absolute Gasteiger partial charge is 0.465 e. The zero-order valence-corrected chi connectivity index (χ0v) is 14.2. The first-order chi connectivity index (χ1) is 11.5. The fourth-order valence-electron chi connectivity index (χ4n) is 2.79. The standard InChI is InChI=1S/C16H20N4O3S/c1-19(15(21)22)16(23)5-8-20(9-6-16)11-12-10-18-14(24-12)13-4-2-3-7-17-13/h2-4,7,10,23H,5-6,8-9,11H2,1H3,(H,21,22). The van der Waals surface area contributed by atoms with Crippen molar-refractivity contribution in [1.82, 2.24) is 19.8 Å². The van der Waals surface area contributed by atoms with Gasteiger partial charge in [-0.2, -0.15) is 0 Å². The molecule has 2 aromatic heterocycles. The molecule has 0 atom stereocenters. The van der Waals surface area contributed by atoms with Crippen LogP contribution in [0.25, 0.3) is 10.7 Å². The van der Waals surface area contributed by atoms with Crippen molar-refractivity contribution in [3.05, 3.63) is 35.5 Å². The molecule has 1 saturated heterocycles. The Hall–Kier alpha value is -2.03. The van der Waals surface area contributed by atoms with Gasteiger partial charge in [-0.1, -0.05) is 6.07 Å². The van der Waals surface area contributed by atoms with Gasteiger partial charge in [0.25, 0.3) is 0 Å². The highest BCUT2D eigenvalue weighted by Crippen LogP contribution is 2.28. The molecule has 3 heterocycles. The number of likely N-dealkylation sites (tertiary alicyclic amines) is 1. The van der Waals surface area contributed by atoms with Gasteiger partial charge in [0.05, 0.1) is 5.69 Å². The van der Waals surface area contributed by atoms with Gasteiger partial charge in [-0.15, -0.1) is 11.3 Å². The maximum Gasteiger partial charge on any atom is 0.409 e. The Balaban J connectivity index is 1.59. The molecule has 0 bridgehead atoms. The van der Waals surface area contributed by atoms with Crippen LogP contribution in [0.15, 0.2) is 30.6 Å². The lowest BCUT2D eigenvalue weighted by molar-refractivity contribution is -0.117. The van der Waals surface area contributed by atoms with E-state index < -0.39 is 11.8 Å². The zero-order chi connectivity index (χ0) is 17.2. The number of nitrogens with zero attached hydrogens (tertiary/aromatic N) is 4. The molecule has 0 saturated carbocycles. The van der Waals surface area contributed by atoms with E-state index in [0.717, 1.165) is 27.0 Å². The van der Waals surface area contributed by atoms with Crippen molar-refractivity contribution in [3.8, 4) is 10.7 Å². The summed E-state index contributed by atoms with van der Waals surface area (Å²) in [5, 5.41) is 20.4. The third-order valence-corrected chi connectivity index (χ3v) is 5.39. The number of amides is 1. The minimum Gasteiger partial charge on any atom is -0.465 e. The van der Waals surface area contributed by atoms with Crippen molar-refractivity contribution in [2.24, 2.45) is 0 Å². The SMILES string of the molecule is CN(C(=O)O)C1(O)CCN(Cc2cnc(-c3ccccn3)s2)CC1. The molecule has 0 aromatic carbocycles. The second-order valence-corrected chi connectivity index (χ2v) is 7.06. The second-order valence-electron chi connectivity index (χ2n) is 5.95. The van der Waals surface area contributed by atoms with E-state index in [0.29, 0.717) is 25.9 Å². The first-order valence-electron chi connectivity index (χ1n) is 7.75. The Morgan fingerprint density at radius 2 is 2.12 bits per heavy atom. The third kappa shape index (κ3) is 3.55. The van der Waals surface area contributed by atoms with Gasteiger partial charge in [0.1, 0.15) is 10.7 Å². The van der Waals surface area contributed by atoms with Crippen LogP contribution < -0.4 is 0 Å². The number of thiazole rings is 1. The van der Waals surface area contributed by atoms with Crippen LogP contribution in [0.5, 0.6) is 0 Å². The molecule has 0 spiro atoms. The van der Waals surface area contributed by atoms with E-state index in [4.69, 9.17) is 5.11 Å². The first-order valence-corrected chi connectivity index (χ1v) is 8.57. The number of carbonyl (C=O) groups is 1. The molecular formula is C16H20N4O3S. The summed E-state index contributed by atoms with van der Waals surface area (Å²) >= 11 is 1.61. The maximum absolute atomic E-state index is 11.1. The second kappa shape index (κ2) is 6.84. The van der Waals surface area contributed by atoms with E-state index in [-0.39, 0.29) is 0 Å². The van der Waals surface area contributed by atoms with Crippen LogP contribution in [-0.2, 0) is 6.54 Å². The summed E-state index contributed by atoms with van der Waals surface area (Å²) in [6, 6.07) is 5.75. The van der Waals surface area contributed by atoms with E-state index in [9.17, 15) is 9.90 Å². The number of carboxylic acid groups (broad SMARTS) is 1. The summed E-state index contributed by atoms with van der Waals surface area (Å²) in [7, 11) is 1.42. The monoisotopic (exact) mass is 348 g/mol. The van der Waals surface area contributed by atoms with Crippen LogP contribution in [0.4, 0.5) is 4.79 Å². The highest BCUT2D eigenvalue weighted by atomic mass is 32.1. The fraction of sp³-hybridized carbons (Fsp3) is 0.438. The van der Waals surface area contributed by atoms with Crippen molar-refractivity contribution >= 4 is 17.4 Å². The highest BCUT2D eigenvalue weighted by Gasteiger charge is 2.38.